The van der Waals surface area contributed by atoms with Gasteiger partial charge in [0.15, 0.2) is 5.96 Å². The summed E-state index contributed by atoms with van der Waals surface area (Å²) in [6.07, 6.45) is 4.47. The normalized spacial score (nSPS) is 31.9. The zero-order valence-electron chi connectivity index (χ0n) is 13.4. The van der Waals surface area contributed by atoms with E-state index in [4.69, 9.17) is 9.73 Å². The van der Waals surface area contributed by atoms with Crippen molar-refractivity contribution in [2.75, 3.05) is 44.2 Å². The van der Waals surface area contributed by atoms with Crippen LogP contribution < -0.4 is 10.6 Å². The van der Waals surface area contributed by atoms with Crippen molar-refractivity contribution in [3.63, 3.8) is 0 Å². The van der Waals surface area contributed by atoms with E-state index >= 15 is 0 Å². The summed E-state index contributed by atoms with van der Waals surface area (Å²) < 4.78 is 5.91. The molecule has 3 aliphatic rings. The van der Waals surface area contributed by atoms with E-state index in [1.165, 1.54) is 37.4 Å². The molecule has 3 unspecified atom stereocenters. The molecule has 2 bridgehead atoms. The number of halogens is 1. The molecule has 2 N–H and O–H groups in total. The summed E-state index contributed by atoms with van der Waals surface area (Å²) in [5.41, 5.74) is 0. The third-order valence-corrected chi connectivity index (χ3v) is 5.50. The molecule has 3 atom stereocenters. The van der Waals surface area contributed by atoms with Crippen LogP contribution in [0, 0.1) is 0 Å². The topological polar surface area (TPSA) is 48.9 Å². The van der Waals surface area contributed by atoms with Crippen LogP contribution in [-0.2, 0) is 4.74 Å². The van der Waals surface area contributed by atoms with E-state index in [9.17, 15) is 0 Å². The van der Waals surface area contributed by atoms with E-state index < -0.39 is 0 Å². The van der Waals surface area contributed by atoms with Crippen molar-refractivity contribution >= 4 is 41.7 Å². The van der Waals surface area contributed by atoms with Crippen molar-refractivity contribution in [1.82, 2.24) is 15.5 Å². The Balaban J connectivity index is 0.00000176. The van der Waals surface area contributed by atoms with Gasteiger partial charge < -0.3 is 15.4 Å². The van der Waals surface area contributed by atoms with E-state index in [0.717, 1.165) is 32.0 Å². The van der Waals surface area contributed by atoms with E-state index in [1.54, 1.807) is 0 Å². The number of hydrogen-bond donors (Lipinski definition) is 2. The molecule has 0 spiro atoms. The Kier molecular flexibility index (Phi) is 8.07. The van der Waals surface area contributed by atoms with Crippen LogP contribution in [0.1, 0.15) is 26.2 Å². The van der Waals surface area contributed by atoms with Crippen molar-refractivity contribution < 1.29 is 4.74 Å². The minimum Gasteiger partial charge on any atom is -0.373 e. The van der Waals surface area contributed by atoms with Crippen molar-refractivity contribution in [1.29, 1.82) is 0 Å². The van der Waals surface area contributed by atoms with Gasteiger partial charge in [-0.3, -0.25) is 9.89 Å². The minimum absolute atomic E-state index is 0. The third-order valence-electron chi connectivity index (χ3n) is 4.56. The molecule has 3 heterocycles. The quantitative estimate of drug-likeness (QED) is 0.386. The summed E-state index contributed by atoms with van der Waals surface area (Å²) in [7, 11) is 0. The molecule has 7 heteroatoms. The first kappa shape index (κ1) is 18.6. The summed E-state index contributed by atoms with van der Waals surface area (Å²) in [6.45, 7) is 7.41. The van der Waals surface area contributed by atoms with Gasteiger partial charge in [-0.15, -0.1) is 24.0 Å². The Morgan fingerprint density at radius 3 is 2.77 bits per heavy atom. The fraction of sp³-hybridized carbons (Fsp3) is 0.933. The zero-order chi connectivity index (χ0) is 14.5. The fourth-order valence-electron chi connectivity index (χ4n) is 3.41. The summed E-state index contributed by atoms with van der Waals surface area (Å²) in [5.74, 6) is 3.50. The fourth-order valence-corrected chi connectivity index (χ4v) is 4.39. The molecule has 3 saturated heterocycles. The van der Waals surface area contributed by atoms with Crippen LogP contribution in [0.2, 0.25) is 0 Å². The first-order chi connectivity index (χ1) is 10.3. The van der Waals surface area contributed by atoms with Crippen LogP contribution >= 0.6 is 35.7 Å². The smallest absolute Gasteiger partial charge is 0.191 e. The molecule has 0 aliphatic carbocycles. The molecule has 0 aromatic heterocycles. The molecule has 128 valence electrons. The largest absolute Gasteiger partial charge is 0.373 e. The predicted octanol–water partition coefficient (Wildman–Crippen LogP) is 1.53. The molecular weight excluding hydrogens is 411 g/mol. The van der Waals surface area contributed by atoms with Gasteiger partial charge in [-0.2, -0.15) is 11.8 Å². The van der Waals surface area contributed by atoms with Crippen molar-refractivity contribution in [2.24, 2.45) is 4.99 Å². The molecule has 3 fully saturated rings. The third kappa shape index (κ3) is 5.14. The second-order valence-electron chi connectivity index (χ2n) is 6.08. The van der Waals surface area contributed by atoms with E-state index in [1.807, 2.05) is 0 Å². The molecule has 0 amide bonds. The number of aliphatic imine (C=N–C) groups is 1. The highest BCUT2D eigenvalue weighted by atomic mass is 127. The first-order valence-electron chi connectivity index (χ1n) is 8.35. The molecule has 0 aromatic rings. The van der Waals surface area contributed by atoms with Crippen LogP contribution in [0.25, 0.3) is 0 Å². The highest BCUT2D eigenvalue weighted by Gasteiger charge is 2.41. The second kappa shape index (κ2) is 9.54. The number of guanidine groups is 1. The molecule has 22 heavy (non-hydrogen) atoms. The molecule has 3 rings (SSSR count). The molecular formula is C15H29IN4OS. The number of rotatable bonds is 5. The van der Waals surface area contributed by atoms with Crippen LogP contribution in [-0.4, -0.2) is 73.3 Å². The van der Waals surface area contributed by atoms with Gasteiger partial charge in [0.2, 0.25) is 0 Å². The van der Waals surface area contributed by atoms with Gasteiger partial charge in [-0.25, -0.2) is 0 Å². The van der Waals surface area contributed by atoms with E-state index in [-0.39, 0.29) is 24.0 Å². The summed E-state index contributed by atoms with van der Waals surface area (Å²) in [6, 6.07) is 0.452. The molecule has 0 aromatic carbocycles. The van der Waals surface area contributed by atoms with Crippen molar-refractivity contribution in [2.45, 2.75) is 44.4 Å². The van der Waals surface area contributed by atoms with Crippen LogP contribution in [0.5, 0.6) is 0 Å². The van der Waals surface area contributed by atoms with E-state index in [0.29, 0.717) is 18.2 Å². The number of thioether (sulfide) groups is 1. The SMILES string of the molecule is CCNC(=NCCN1CCSCC1)NC1CC2CCC1O2.I. The van der Waals surface area contributed by atoms with E-state index in [2.05, 4.69) is 34.2 Å². The molecule has 5 nitrogen and oxygen atoms in total. The molecule has 0 radical (unpaired) electrons. The monoisotopic (exact) mass is 440 g/mol. The summed E-state index contributed by atoms with van der Waals surface area (Å²) in [4.78, 5) is 7.26. The van der Waals surface area contributed by atoms with Gasteiger partial charge >= 0.3 is 0 Å². The second-order valence-corrected chi connectivity index (χ2v) is 7.30. The lowest BCUT2D eigenvalue weighted by molar-refractivity contribution is 0.0992. The van der Waals surface area contributed by atoms with Crippen molar-refractivity contribution in [3.05, 3.63) is 0 Å². The lowest BCUT2D eigenvalue weighted by Crippen LogP contribution is -2.47. The van der Waals surface area contributed by atoms with Crippen molar-refractivity contribution in [3.8, 4) is 0 Å². The van der Waals surface area contributed by atoms with Gasteiger partial charge in [0.1, 0.15) is 0 Å². The maximum absolute atomic E-state index is 5.91. The number of nitrogens with one attached hydrogen (secondary N) is 2. The van der Waals surface area contributed by atoms with Gasteiger partial charge in [0, 0.05) is 37.7 Å². The number of fused-ring (bicyclic) bond motifs is 2. The first-order valence-corrected chi connectivity index (χ1v) is 9.51. The standard InChI is InChI=1S/C15H28N4OS.HI/c1-2-16-15(17-5-6-19-7-9-21-10-8-19)18-13-11-12-3-4-14(13)20-12;/h12-14H,2-11H2,1H3,(H2,16,17,18);1H. The Bertz CT molecular complexity index is 365. The average molecular weight is 440 g/mol. The van der Waals surface area contributed by atoms with Gasteiger partial charge in [-0.05, 0) is 26.2 Å². The van der Waals surface area contributed by atoms with Crippen LogP contribution in [0.15, 0.2) is 4.99 Å². The Hall–Kier alpha value is 0.270. The maximum Gasteiger partial charge on any atom is 0.191 e. The summed E-state index contributed by atoms with van der Waals surface area (Å²) >= 11 is 2.06. The van der Waals surface area contributed by atoms with Crippen LogP contribution in [0.3, 0.4) is 0 Å². The number of nitrogens with zero attached hydrogens (tertiary/aromatic N) is 2. The molecule has 0 saturated carbocycles. The van der Waals surface area contributed by atoms with Gasteiger partial charge in [0.05, 0.1) is 24.8 Å². The average Bonchev–Trinajstić information content (AvgIpc) is 3.11. The zero-order valence-corrected chi connectivity index (χ0v) is 16.6. The number of ether oxygens (including phenoxy) is 1. The maximum atomic E-state index is 5.91. The lowest BCUT2D eigenvalue weighted by Gasteiger charge is -2.26. The van der Waals surface area contributed by atoms with Gasteiger partial charge in [0.25, 0.3) is 0 Å². The highest BCUT2D eigenvalue weighted by molar-refractivity contribution is 14.0. The van der Waals surface area contributed by atoms with Gasteiger partial charge in [-0.1, -0.05) is 0 Å². The number of hydrogen-bond acceptors (Lipinski definition) is 4. The Morgan fingerprint density at radius 2 is 2.14 bits per heavy atom. The Labute approximate surface area is 155 Å². The Morgan fingerprint density at radius 1 is 1.32 bits per heavy atom. The lowest BCUT2D eigenvalue weighted by atomic mass is 9.96. The molecule has 3 aliphatic heterocycles. The minimum atomic E-state index is 0. The highest BCUT2D eigenvalue weighted by Crippen LogP contribution is 2.34. The van der Waals surface area contributed by atoms with Crippen LogP contribution in [0.4, 0.5) is 0 Å². The summed E-state index contributed by atoms with van der Waals surface area (Å²) in [5, 5.41) is 6.94. The predicted molar refractivity (Wildman–Crippen MR) is 105 cm³/mol.